The predicted molar refractivity (Wildman–Crippen MR) is 89.0 cm³/mol. The van der Waals surface area contributed by atoms with E-state index in [0.29, 0.717) is 5.82 Å². The molecule has 23 heavy (non-hydrogen) atoms. The topological polar surface area (TPSA) is 90.8 Å². The second kappa shape index (κ2) is 7.27. The van der Waals surface area contributed by atoms with Gasteiger partial charge in [0.05, 0.1) is 0 Å². The Balaban J connectivity index is 3.15. The van der Waals surface area contributed by atoms with Crippen molar-refractivity contribution in [2.24, 2.45) is 0 Å². The first-order valence-corrected chi connectivity index (χ1v) is 8.89. The molecule has 0 aliphatic heterocycles. The van der Waals surface area contributed by atoms with Gasteiger partial charge in [0, 0.05) is 25.3 Å². The van der Waals surface area contributed by atoms with Gasteiger partial charge in [-0.2, -0.15) is 4.31 Å². The van der Waals surface area contributed by atoms with E-state index in [2.05, 4.69) is 4.98 Å². The minimum Gasteiger partial charge on any atom is -0.480 e. The van der Waals surface area contributed by atoms with Gasteiger partial charge in [0.25, 0.3) is 0 Å². The van der Waals surface area contributed by atoms with Gasteiger partial charge in [-0.15, -0.1) is 0 Å². The highest BCUT2D eigenvalue weighted by atomic mass is 32.2. The number of aromatic nitrogens is 1. The van der Waals surface area contributed by atoms with E-state index in [9.17, 15) is 13.2 Å². The lowest BCUT2D eigenvalue weighted by Gasteiger charge is -2.29. The first kappa shape index (κ1) is 19.4. The number of carbonyl (C=O) groups is 1. The van der Waals surface area contributed by atoms with Crippen LogP contribution < -0.4 is 4.90 Å². The van der Waals surface area contributed by atoms with Crippen molar-refractivity contribution in [3.8, 4) is 0 Å². The number of carboxylic acids is 1. The van der Waals surface area contributed by atoms with E-state index in [4.69, 9.17) is 5.11 Å². The number of hydrogen-bond acceptors (Lipinski definition) is 5. The molecule has 1 rings (SSSR count). The fourth-order valence-electron chi connectivity index (χ4n) is 2.37. The molecule has 1 aromatic rings. The maximum absolute atomic E-state index is 12.7. The molecule has 1 aromatic heterocycles. The number of pyridine rings is 1. The predicted octanol–water partition coefficient (Wildman–Crippen LogP) is 1.80. The van der Waals surface area contributed by atoms with Gasteiger partial charge >= 0.3 is 5.97 Å². The van der Waals surface area contributed by atoms with Crippen LogP contribution in [0.1, 0.15) is 34.6 Å². The van der Waals surface area contributed by atoms with Crippen molar-refractivity contribution in [2.75, 3.05) is 11.9 Å². The van der Waals surface area contributed by atoms with Crippen LogP contribution in [-0.2, 0) is 14.8 Å². The van der Waals surface area contributed by atoms with Crippen molar-refractivity contribution >= 4 is 21.8 Å². The highest BCUT2D eigenvalue weighted by Gasteiger charge is 2.30. The number of hydrogen-bond donors (Lipinski definition) is 1. The van der Waals surface area contributed by atoms with Crippen molar-refractivity contribution in [1.29, 1.82) is 0 Å². The molecular formula is C15H25N3O4S. The van der Waals surface area contributed by atoms with Gasteiger partial charge in [0.2, 0.25) is 10.0 Å². The molecule has 0 spiro atoms. The van der Waals surface area contributed by atoms with Crippen LogP contribution in [0.5, 0.6) is 0 Å². The molecule has 0 aliphatic rings. The third-order valence-electron chi connectivity index (χ3n) is 3.61. The van der Waals surface area contributed by atoms with Crippen molar-refractivity contribution in [3.05, 3.63) is 18.3 Å². The van der Waals surface area contributed by atoms with Gasteiger partial charge in [-0.05, 0) is 46.8 Å². The average Bonchev–Trinajstić information content (AvgIpc) is 2.44. The normalized spacial score (nSPS) is 13.6. The fourth-order valence-corrected chi connectivity index (χ4v) is 4.15. The minimum absolute atomic E-state index is 0.0972. The molecule has 1 atom stereocenters. The molecule has 0 aromatic carbocycles. The lowest BCUT2D eigenvalue weighted by atomic mass is 10.3. The first-order chi connectivity index (χ1) is 10.5. The third kappa shape index (κ3) is 4.20. The molecule has 8 heteroatoms. The summed E-state index contributed by atoms with van der Waals surface area (Å²) in [5, 5.41) is 9.02. The summed E-state index contributed by atoms with van der Waals surface area (Å²) in [5.41, 5.74) is 0. The summed E-state index contributed by atoms with van der Waals surface area (Å²) >= 11 is 0. The summed E-state index contributed by atoms with van der Waals surface area (Å²) in [6.07, 6.45) is 1.27. The summed E-state index contributed by atoms with van der Waals surface area (Å²) in [7, 11) is -2.04. The smallest absolute Gasteiger partial charge is 0.326 e. The second-order valence-corrected chi connectivity index (χ2v) is 7.84. The van der Waals surface area contributed by atoms with Crippen LogP contribution in [0.3, 0.4) is 0 Å². The van der Waals surface area contributed by atoms with E-state index < -0.39 is 22.0 Å². The van der Waals surface area contributed by atoms with Gasteiger partial charge in [0.15, 0.2) is 0 Å². The SMILES string of the molecule is CC(C(=O)O)N(C)c1ccc(S(=O)(=O)N(C(C)C)C(C)C)cn1. The molecule has 1 N–H and O–H groups in total. The number of aliphatic carboxylic acids is 1. The molecule has 7 nitrogen and oxygen atoms in total. The Labute approximate surface area is 138 Å². The number of rotatable bonds is 7. The summed E-state index contributed by atoms with van der Waals surface area (Å²) in [4.78, 5) is 16.7. The molecule has 0 aliphatic carbocycles. The monoisotopic (exact) mass is 343 g/mol. The Morgan fingerprint density at radius 3 is 2.00 bits per heavy atom. The van der Waals surface area contributed by atoms with E-state index in [1.807, 2.05) is 27.7 Å². The minimum atomic E-state index is -3.64. The van der Waals surface area contributed by atoms with Gasteiger partial charge < -0.3 is 10.0 Å². The second-order valence-electron chi connectivity index (χ2n) is 6.00. The Hall–Kier alpha value is -1.67. The summed E-state index contributed by atoms with van der Waals surface area (Å²) in [5.74, 6) is -0.573. The zero-order chi connectivity index (χ0) is 17.9. The Morgan fingerprint density at radius 2 is 1.65 bits per heavy atom. The van der Waals surface area contributed by atoms with Gasteiger partial charge in [-0.25, -0.2) is 18.2 Å². The molecule has 0 fully saturated rings. The number of nitrogens with zero attached hydrogens (tertiary/aromatic N) is 3. The van der Waals surface area contributed by atoms with Gasteiger partial charge in [-0.3, -0.25) is 0 Å². The van der Waals surface area contributed by atoms with Crippen LogP contribution in [0.4, 0.5) is 5.82 Å². The molecule has 0 radical (unpaired) electrons. The van der Waals surface area contributed by atoms with E-state index in [1.165, 1.54) is 34.5 Å². The average molecular weight is 343 g/mol. The first-order valence-electron chi connectivity index (χ1n) is 7.45. The van der Waals surface area contributed by atoms with Crippen LogP contribution in [0.25, 0.3) is 0 Å². The molecule has 0 saturated carbocycles. The number of carboxylic acid groups (broad SMARTS) is 1. The zero-order valence-corrected chi connectivity index (χ0v) is 15.2. The van der Waals surface area contributed by atoms with Gasteiger partial charge in [-0.1, -0.05) is 0 Å². The van der Waals surface area contributed by atoms with E-state index in [0.717, 1.165) is 0 Å². The quantitative estimate of drug-likeness (QED) is 0.812. The Morgan fingerprint density at radius 1 is 1.13 bits per heavy atom. The van der Waals surface area contributed by atoms with Crippen LogP contribution in [0.15, 0.2) is 23.2 Å². The van der Waals surface area contributed by atoms with E-state index in [1.54, 1.807) is 7.05 Å². The standard InChI is InChI=1S/C15H25N3O4S/c1-10(2)18(11(3)4)23(21,22)13-7-8-14(16-9-13)17(6)12(5)15(19)20/h7-12H,1-6H3,(H,19,20). The fraction of sp³-hybridized carbons (Fsp3) is 0.600. The number of likely N-dealkylation sites (N-methyl/N-ethyl adjacent to an activating group) is 1. The van der Waals surface area contributed by atoms with Crippen molar-refractivity contribution in [3.63, 3.8) is 0 Å². The van der Waals surface area contributed by atoms with Crippen LogP contribution >= 0.6 is 0 Å². The summed E-state index contributed by atoms with van der Waals surface area (Å²) in [6.45, 7) is 8.82. The molecule has 1 unspecified atom stereocenters. The molecule has 0 amide bonds. The maximum Gasteiger partial charge on any atom is 0.326 e. The van der Waals surface area contributed by atoms with Crippen LogP contribution in [0.2, 0.25) is 0 Å². The number of sulfonamides is 1. The summed E-state index contributed by atoms with van der Waals surface area (Å²) < 4.78 is 26.9. The van der Waals surface area contributed by atoms with Crippen LogP contribution in [-0.4, -0.2) is 54.0 Å². The molecule has 0 saturated heterocycles. The Bertz CT molecular complexity index is 633. The van der Waals surface area contributed by atoms with Crippen molar-refractivity contribution in [2.45, 2.75) is 57.6 Å². The van der Waals surface area contributed by atoms with E-state index >= 15 is 0 Å². The van der Waals surface area contributed by atoms with Crippen LogP contribution in [0, 0.1) is 0 Å². The third-order valence-corrected chi connectivity index (χ3v) is 5.85. The van der Waals surface area contributed by atoms with Crippen molar-refractivity contribution in [1.82, 2.24) is 9.29 Å². The lowest BCUT2D eigenvalue weighted by Crippen LogP contribution is -2.42. The molecule has 130 valence electrons. The number of anilines is 1. The van der Waals surface area contributed by atoms with Crippen molar-refractivity contribution < 1.29 is 18.3 Å². The van der Waals surface area contributed by atoms with E-state index in [-0.39, 0.29) is 17.0 Å². The Kier molecular flexibility index (Phi) is 6.12. The maximum atomic E-state index is 12.7. The molecule has 1 heterocycles. The van der Waals surface area contributed by atoms with Gasteiger partial charge in [0.1, 0.15) is 16.8 Å². The largest absolute Gasteiger partial charge is 0.480 e. The zero-order valence-electron chi connectivity index (χ0n) is 14.4. The molecule has 0 bridgehead atoms. The molecular weight excluding hydrogens is 318 g/mol. The lowest BCUT2D eigenvalue weighted by molar-refractivity contribution is -0.138. The highest BCUT2D eigenvalue weighted by molar-refractivity contribution is 7.89. The summed E-state index contributed by atoms with van der Waals surface area (Å²) in [6, 6.07) is 1.88. The highest BCUT2D eigenvalue weighted by Crippen LogP contribution is 2.22.